The topological polar surface area (TPSA) is 80.0 Å². The summed E-state index contributed by atoms with van der Waals surface area (Å²) in [7, 11) is 0. The molecule has 1 aromatic heterocycles. The molecular weight excluding hydrogens is 292 g/mol. The average molecular weight is 316 g/mol. The Morgan fingerprint density at radius 3 is 2.78 bits per heavy atom. The van der Waals surface area contributed by atoms with Crippen LogP contribution in [0.3, 0.4) is 0 Å². The van der Waals surface area contributed by atoms with Crippen LogP contribution in [0.2, 0.25) is 0 Å². The van der Waals surface area contributed by atoms with Gasteiger partial charge in [0.25, 0.3) is 5.91 Å². The zero-order chi connectivity index (χ0) is 17.0. The molecule has 1 aromatic carbocycles. The normalized spacial score (nSPS) is 15.0. The third-order valence-electron chi connectivity index (χ3n) is 4.41. The van der Waals surface area contributed by atoms with Gasteiger partial charge in [-0.25, -0.2) is 9.67 Å². The molecule has 2 aromatic rings. The Morgan fingerprint density at radius 2 is 2.22 bits per heavy atom. The third kappa shape index (κ3) is 3.96. The maximum atomic E-state index is 12.3. The first-order valence-corrected chi connectivity index (χ1v) is 7.81. The van der Waals surface area contributed by atoms with Crippen LogP contribution < -0.4 is 5.32 Å². The van der Waals surface area contributed by atoms with Crippen LogP contribution >= 0.6 is 0 Å². The predicted molar refractivity (Wildman–Crippen MR) is 88.5 cm³/mol. The van der Waals surface area contributed by atoms with Crippen LogP contribution in [0, 0.1) is 12.8 Å². The van der Waals surface area contributed by atoms with E-state index in [9.17, 15) is 9.90 Å². The molecule has 23 heavy (non-hydrogen) atoms. The van der Waals surface area contributed by atoms with E-state index in [1.807, 2.05) is 32.9 Å². The smallest absolute Gasteiger partial charge is 0.251 e. The number of hydrogen-bond donors (Lipinski definition) is 2. The number of nitrogens with zero attached hydrogens (tertiary/aromatic N) is 3. The molecule has 6 heteroatoms. The number of carbonyl (C=O) groups is 1. The molecule has 0 aliphatic heterocycles. The second-order valence-electron chi connectivity index (χ2n) is 6.19. The fourth-order valence-electron chi connectivity index (χ4n) is 2.36. The van der Waals surface area contributed by atoms with Crippen LogP contribution in [0.25, 0.3) is 5.69 Å². The molecule has 0 aliphatic rings. The molecule has 124 valence electrons. The molecule has 0 radical (unpaired) electrons. The van der Waals surface area contributed by atoms with E-state index in [0.717, 1.165) is 17.7 Å². The average Bonchev–Trinajstić information content (AvgIpc) is 3.05. The maximum absolute atomic E-state index is 12.3. The number of aromatic nitrogens is 3. The fourth-order valence-corrected chi connectivity index (χ4v) is 2.36. The minimum atomic E-state index is -0.917. The quantitative estimate of drug-likeness (QED) is 0.855. The molecule has 0 bridgehead atoms. The van der Waals surface area contributed by atoms with Crippen LogP contribution in [-0.4, -0.2) is 37.9 Å². The summed E-state index contributed by atoms with van der Waals surface area (Å²) in [5.74, 6) is -0.0824. The fraction of sp³-hybridized carbons (Fsp3) is 0.471. The first-order valence-electron chi connectivity index (χ1n) is 7.81. The van der Waals surface area contributed by atoms with Gasteiger partial charge in [-0.3, -0.25) is 4.79 Å². The van der Waals surface area contributed by atoms with Gasteiger partial charge >= 0.3 is 0 Å². The number of benzene rings is 1. The van der Waals surface area contributed by atoms with Crippen molar-refractivity contribution in [2.75, 3.05) is 6.54 Å². The second kappa shape index (κ2) is 6.91. The summed E-state index contributed by atoms with van der Waals surface area (Å²) in [4.78, 5) is 16.2. The minimum absolute atomic E-state index is 0.110. The van der Waals surface area contributed by atoms with Gasteiger partial charge in [-0.05, 0) is 43.5 Å². The van der Waals surface area contributed by atoms with Crippen LogP contribution in [-0.2, 0) is 0 Å². The van der Waals surface area contributed by atoms with Gasteiger partial charge in [0.05, 0.1) is 11.3 Å². The standard InChI is InChI=1S/C17H24N4O2/c1-5-13(3)17(4,23)9-19-16(22)14-6-7-15(12(2)8-14)21-11-18-10-20-21/h6-8,10-11,13,23H,5,9H2,1-4H3,(H,19,22). The highest BCUT2D eigenvalue weighted by Gasteiger charge is 2.27. The monoisotopic (exact) mass is 316 g/mol. The Kier molecular flexibility index (Phi) is 5.15. The van der Waals surface area contributed by atoms with E-state index in [4.69, 9.17) is 0 Å². The van der Waals surface area contributed by atoms with Crippen molar-refractivity contribution in [2.24, 2.45) is 5.92 Å². The molecule has 0 aliphatic carbocycles. The van der Waals surface area contributed by atoms with Gasteiger partial charge in [0.1, 0.15) is 12.7 Å². The summed E-state index contributed by atoms with van der Waals surface area (Å²) >= 11 is 0. The summed E-state index contributed by atoms with van der Waals surface area (Å²) in [6.07, 6.45) is 3.94. The highest BCUT2D eigenvalue weighted by atomic mass is 16.3. The van der Waals surface area contributed by atoms with Gasteiger partial charge in [0, 0.05) is 12.1 Å². The van der Waals surface area contributed by atoms with Crippen LogP contribution in [0.5, 0.6) is 0 Å². The van der Waals surface area contributed by atoms with E-state index < -0.39 is 5.60 Å². The molecule has 2 unspecified atom stereocenters. The molecule has 0 saturated heterocycles. The van der Waals surface area contributed by atoms with Gasteiger partial charge in [-0.1, -0.05) is 20.3 Å². The zero-order valence-corrected chi connectivity index (χ0v) is 14.1. The maximum Gasteiger partial charge on any atom is 0.251 e. The predicted octanol–water partition coefficient (Wildman–Crippen LogP) is 2.10. The molecule has 2 N–H and O–H groups in total. The van der Waals surface area contributed by atoms with Crippen LogP contribution in [0.4, 0.5) is 0 Å². The van der Waals surface area contributed by atoms with Crippen molar-refractivity contribution in [1.29, 1.82) is 0 Å². The Balaban J connectivity index is 2.07. The van der Waals surface area contributed by atoms with Crippen molar-refractivity contribution in [3.8, 4) is 5.69 Å². The first kappa shape index (κ1) is 17.1. The summed E-state index contributed by atoms with van der Waals surface area (Å²) < 4.78 is 1.66. The van der Waals surface area contributed by atoms with E-state index in [0.29, 0.717) is 5.56 Å². The number of aliphatic hydroxyl groups is 1. The van der Waals surface area contributed by atoms with Gasteiger partial charge < -0.3 is 10.4 Å². The van der Waals surface area contributed by atoms with Gasteiger partial charge in [-0.15, -0.1) is 0 Å². The summed E-state index contributed by atoms with van der Waals surface area (Å²) in [6.45, 7) is 7.89. The van der Waals surface area contributed by atoms with Crippen molar-refractivity contribution < 1.29 is 9.90 Å². The largest absolute Gasteiger partial charge is 0.388 e. The molecule has 6 nitrogen and oxygen atoms in total. The molecule has 1 amide bonds. The van der Waals surface area contributed by atoms with Crippen molar-refractivity contribution in [3.05, 3.63) is 42.0 Å². The number of rotatable bonds is 6. The van der Waals surface area contributed by atoms with Crippen molar-refractivity contribution in [2.45, 2.75) is 39.7 Å². The number of hydrogen-bond acceptors (Lipinski definition) is 4. The minimum Gasteiger partial charge on any atom is -0.388 e. The molecular formula is C17H24N4O2. The number of amides is 1. The number of nitrogens with one attached hydrogen (secondary N) is 1. The lowest BCUT2D eigenvalue weighted by Crippen LogP contribution is -2.45. The molecule has 0 fully saturated rings. The number of aryl methyl sites for hydroxylation is 1. The second-order valence-corrected chi connectivity index (χ2v) is 6.19. The lowest BCUT2D eigenvalue weighted by atomic mass is 9.88. The SMILES string of the molecule is CCC(C)C(C)(O)CNC(=O)c1ccc(-n2cncn2)c(C)c1. The van der Waals surface area contributed by atoms with Gasteiger partial charge in [0.2, 0.25) is 0 Å². The highest BCUT2D eigenvalue weighted by Crippen LogP contribution is 2.19. The van der Waals surface area contributed by atoms with E-state index in [-0.39, 0.29) is 18.4 Å². The first-order chi connectivity index (χ1) is 10.8. The highest BCUT2D eigenvalue weighted by molar-refractivity contribution is 5.94. The van der Waals surface area contributed by atoms with E-state index in [1.165, 1.54) is 6.33 Å². The summed E-state index contributed by atoms with van der Waals surface area (Å²) in [5, 5.41) is 17.3. The lowest BCUT2D eigenvalue weighted by molar-refractivity contribution is 0.00592. The lowest BCUT2D eigenvalue weighted by Gasteiger charge is -2.29. The number of carbonyl (C=O) groups excluding carboxylic acids is 1. The molecule has 1 heterocycles. The van der Waals surface area contributed by atoms with Crippen molar-refractivity contribution >= 4 is 5.91 Å². The van der Waals surface area contributed by atoms with Crippen LogP contribution in [0.1, 0.15) is 43.1 Å². The van der Waals surface area contributed by atoms with Gasteiger partial charge in [0.15, 0.2) is 0 Å². The molecule has 2 rings (SSSR count). The summed E-state index contributed by atoms with van der Waals surface area (Å²) in [6, 6.07) is 5.40. The van der Waals surface area contributed by atoms with Crippen LogP contribution in [0.15, 0.2) is 30.9 Å². The molecule has 2 atom stereocenters. The summed E-state index contributed by atoms with van der Waals surface area (Å²) in [5.41, 5.74) is 1.45. The Morgan fingerprint density at radius 1 is 1.48 bits per heavy atom. The third-order valence-corrected chi connectivity index (χ3v) is 4.41. The van der Waals surface area contributed by atoms with E-state index in [2.05, 4.69) is 15.4 Å². The Hall–Kier alpha value is -2.21. The Bertz CT molecular complexity index is 665. The Labute approximate surface area is 136 Å². The molecule has 0 saturated carbocycles. The zero-order valence-electron chi connectivity index (χ0n) is 14.1. The molecule has 0 spiro atoms. The van der Waals surface area contributed by atoms with E-state index in [1.54, 1.807) is 24.0 Å². The van der Waals surface area contributed by atoms with Gasteiger partial charge in [-0.2, -0.15) is 5.10 Å². The van der Waals surface area contributed by atoms with Crippen molar-refractivity contribution in [1.82, 2.24) is 20.1 Å². The van der Waals surface area contributed by atoms with Crippen molar-refractivity contribution in [3.63, 3.8) is 0 Å². The van der Waals surface area contributed by atoms with E-state index >= 15 is 0 Å².